The number of hydrogen-bond donors (Lipinski definition) is 0. The molecule has 1 rings (SSSR count). The van der Waals surface area contributed by atoms with E-state index >= 15 is 0 Å². The van der Waals surface area contributed by atoms with E-state index in [1.807, 2.05) is 0 Å². The maximum atomic E-state index is 11.1. The minimum Gasteiger partial charge on any atom is -0.633 e. The number of hydrogen-bond acceptors (Lipinski definition) is 2. The molecule has 0 aromatic rings. The van der Waals surface area contributed by atoms with Crippen molar-refractivity contribution in [1.29, 1.82) is 0 Å². The number of nitrogens with zero attached hydrogens (tertiary/aromatic N) is 1. The molecule has 0 N–H and O–H groups in total. The van der Waals surface area contributed by atoms with Gasteiger partial charge in [0.15, 0.2) is 0 Å². The molecular formula is C6H13NO2. The number of quaternary nitrogens is 1. The fourth-order valence-corrected chi connectivity index (χ4v) is 1.22. The summed E-state index contributed by atoms with van der Waals surface area (Å²) >= 11 is 0. The van der Waals surface area contributed by atoms with Gasteiger partial charge in [-0.15, -0.1) is 0 Å². The van der Waals surface area contributed by atoms with Gasteiger partial charge in [0.25, 0.3) is 0 Å². The number of likely N-dealkylation sites (tertiary alicyclic amines) is 1. The topological polar surface area (TPSA) is 32.3 Å². The standard InChI is InChI=1S/C6H13NO2/c1-7(8)4-3-6(5-7)9-2/h6H,3-5H2,1-2H3. The second kappa shape index (κ2) is 2.25. The van der Waals surface area contributed by atoms with Crippen LogP contribution in [0.2, 0.25) is 0 Å². The van der Waals surface area contributed by atoms with Gasteiger partial charge in [0.2, 0.25) is 0 Å². The maximum Gasteiger partial charge on any atom is 0.112 e. The Kier molecular flexibility index (Phi) is 1.75. The van der Waals surface area contributed by atoms with E-state index in [1.54, 1.807) is 14.2 Å². The average molecular weight is 131 g/mol. The zero-order valence-electron chi connectivity index (χ0n) is 5.96. The van der Waals surface area contributed by atoms with Crippen LogP contribution in [-0.4, -0.2) is 38.0 Å². The van der Waals surface area contributed by atoms with E-state index < -0.39 is 0 Å². The molecule has 0 aromatic carbocycles. The molecule has 1 saturated heterocycles. The SMILES string of the molecule is COC1CC[N+](C)([O-])C1. The van der Waals surface area contributed by atoms with Crippen molar-refractivity contribution < 1.29 is 9.38 Å². The zero-order chi connectivity index (χ0) is 6.91. The number of hydroxylamine groups is 3. The molecule has 0 amide bonds. The summed E-state index contributed by atoms with van der Waals surface area (Å²) in [5.74, 6) is 0. The predicted molar refractivity (Wildman–Crippen MR) is 34.7 cm³/mol. The maximum absolute atomic E-state index is 11.1. The largest absolute Gasteiger partial charge is 0.633 e. The molecule has 1 aliphatic heterocycles. The van der Waals surface area contributed by atoms with Crippen LogP contribution in [-0.2, 0) is 4.74 Å². The van der Waals surface area contributed by atoms with Crippen LogP contribution in [0.25, 0.3) is 0 Å². The Morgan fingerprint density at radius 1 is 1.67 bits per heavy atom. The average Bonchev–Trinajstić information content (AvgIpc) is 2.10. The van der Waals surface area contributed by atoms with Gasteiger partial charge >= 0.3 is 0 Å². The van der Waals surface area contributed by atoms with Crippen molar-refractivity contribution in [3.05, 3.63) is 5.21 Å². The van der Waals surface area contributed by atoms with Crippen LogP contribution in [0.4, 0.5) is 0 Å². The molecule has 2 atom stereocenters. The van der Waals surface area contributed by atoms with E-state index in [2.05, 4.69) is 0 Å². The third kappa shape index (κ3) is 1.64. The molecular weight excluding hydrogens is 118 g/mol. The first-order valence-corrected chi connectivity index (χ1v) is 3.22. The van der Waals surface area contributed by atoms with Crippen molar-refractivity contribution in [3.8, 4) is 0 Å². The third-order valence-electron chi connectivity index (χ3n) is 1.85. The van der Waals surface area contributed by atoms with Crippen molar-refractivity contribution in [2.75, 3.05) is 27.2 Å². The summed E-state index contributed by atoms with van der Waals surface area (Å²) in [6.45, 7) is 1.33. The summed E-state index contributed by atoms with van der Waals surface area (Å²) in [5, 5.41) is 11.1. The zero-order valence-corrected chi connectivity index (χ0v) is 5.96. The monoisotopic (exact) mass is 131 g/mol. The Labute approximate surface area is 55.4 Å². The van der Waals surface area contributed by atoms with Gasteiger partial charge in [-0.25, -0.2) is 0 Å². The summed E-state index contributed by atoms with van der Waals surface area (Å²) in [5.41, 5.74) is 0. The molecule has 3 heteroatoms. The van der Waals surface area contributed by atoms with Crippen molar-refractivity contribution in [2.45, 2.75) is 12.5 Å². The molecule has 0 spiro atoms. The summed E-state index contributed by atoms with van der Waals surface area (Å²) in [6.07, 6.45) is 1.11. The Balaban J connectivity index is 2.38. The fourth-order valence-electron chi connectivity index (χ4n) is 1.22. The molecule has 1 heterocycles. The third-order valence-corrected chi connectivity index (χ3v) is 1.85. The van der Waals surface area contributed by atoms with Gasteiger partial charge in [0, 0.05) is 13.5 Å². The molecule has 9 heavy (non-hydrogen) atoms. The number of rotatable bonds is 1. The number of ether oxygens (including phenoxy) is 1. The summed E-state index contributed by atoms with van der Waals surface area (Å²) < 4.78 is 4.90. The van der Waals surface area contributed by atoms with Crippen LogP contribution >= 0.6 is 0 Å². The van der Waals surface area contributed by atoms with E-state index in [4.69, 9.17) is 4.74 Å². The smallest absolute Gasteiger partial charge is 0.112 e. The molecule has 54 valence electrons. The highest BCUT2D eigenvalue weighted by Crippen LogP contribution is 2.16. The summed E-state index contributed by atoms with van der Waals surface area (Å²) in [6, 6.07) is 0. The minimum absolute atomic E-state index is 0.126. The van der Waals surface area contributed by atoms with Crippen molar-refractivity contribution in [3.63, 3.8) is 0 Å². The highest BCUT2D eigenvalue weighted by molar-refractivity contribution is 4.64. The van der Waals surface area contributed by atoms with E-state index in [0.717, 1.165) is 6.42 Å². The van der Waals surface area contributed by atoms with Crippen LogP contribution in [0.15, 0.2) is 0 Å². The van der Waals surface area contributed by atoms with Crippen molar-refractivity contribution >= 4 is 0 Å². The molecule has 2 unspecified atom stereocenters. The Morgan fingerprint density at radius 2 is 2.33 bits per heavy atom. The van der Waals surface area contributed by atoms with E-state index in [0.29, 0.717) is 13.1 Å². The second-order valence-corrected chi connectivity index (χ2v) is 2.85. The lowest BCUT2D eigenvalue weighted by Gasteiger charge is -2.33. The van der Waals surface area contributed by atoms with Gasteiger partial charge in [0.05, 0.1) is 13.6 Å². The quantitative estimate of drug-likeness (QED) is 0.380. The second-order valence-electron chi connectivity index (χ2n) is 2.85. The van der Waals surface area contributed by atoms with Crippen LogP contribution in [0.5, 0.6) is 0 Å². The molecule has 0 saturated carbocycles. The lowest BCUT2D eigenvalue weighted by atomic mass is 10.3. The van der Waals surface area contributed by atoms with E-state index in [-0.39, 0.29) is 10.8 Å². The lowest BCUT2D eigenvalue weighted by Crippen LogP contribution is -2.35. The molecule has 3 nitrogen and oxygen atoms in total. The van der Waals surface area contributed by atoms with E-state index in [9.17, 15) is 5.21 Å². The highest BCUT2D eigenvalue weighted by atomic mass is 16.6. The van der Waals surface area contributed by atoms with E-state index in [1.165, 1.54) is 0 Å². The highest BCUT2D eigenvalue weighted by Gasteiger charge is 2.27. The normalized spacial score (nSPS) is 43.7. The molecule has 0 radical (unpaired) electrons. The van der Waals surface area contributed by atoms with Gasteiger partial charge in [-0.05, 0) is 0 Å². The Bertz CT molecular complexity index is 103. The Hall–Kier alpha value is -0.120. The van der Waals surface area contributed by atoms with Gasteiger partial charge in [-0.1, -0.05) is 0 Å². The van der Waals surface area contributed by atoms with Crippen LogP contribution in [0, 0.1) is 5.21 Å². The van der Waals surface area contributed by atoms with Gasteiger partial charge in [-0.3, -0.25) is 0 Å². The fraction of sp³-hybridized carbons (Fsp3) is 1.00. The minimum atomic E-state index is -0.126. The van der Waals surface area contributed by atoms with Crippen molar-refractivity contribution in [1.82, 2.24) is 0 Å². The first kappa shape index (κ1) is 6.99. The predicted octanol–water partition coefficient (Wildman–Crippen LogP) is 0.350. The van der Waals surface area contributed by atoms with Crippen LogP contribution in [0.1, 0.15) is 6.42 Å². The number of methoxy groups -OCH3 is 1. The lowest BCUT2D eigenvalue weighted by molar-refractivity contribution is -0.849. The molecule has 0 aliphatic carbocycles. The van der Waals surface area contributed by atoms with Crippen LogP contribution in [0.3, 0.4) is 0 Å². The summed E-state index contributed by atoms with van der Waals surface area (Å²) in [7, 11) is 3.36. The van der Waals surface area contributed by atoms with Gasteiger partial charge in [0.1, 0.15) is 12.6 Å². The molecule has 1 fully saturated rings. The van der Waals surface area contributed by atoms with Gasteiger partial charge < -0.3 is 14.6 Å². The first-order chi connectivity index (χ1) is 4.14. The first-order valence-electron chi connectivity index (χ1n) is 3.22. The molecule has 0 aromatic heterocycles. The van der Waals surface area contributed by atoms with Gasteiger partial charge in [-0.2, -0.15) is 0 Å². The summed E-state index contributed by atoms with van der Waals surface area (Å²) in [4.78, 5) is 0. The van der Waals surface area contributed by atoms with Crippen LogP contribution < -0.4 is 0 Å². The molecule has 1 aliphatic rings. The van der Waals surface area contributed by atoms with Crippen molar-refractivity contribution in [2.24, 2.45) is 0 Å². The number of likely N-dealkylation sites (N-methyl/N-ethyl adjacent to an activating group) is 1. The Morgan fingerprint density at radius 3 is 2.56 bits per heavy atom. The molecule has 0 bridgehead atoms.